The van der Waals surface area contributed by atoms with Crippen LogP contribution in [0.2, 0.25) is 0 Å². The molecule has 0 bridgehead atoms. The van der Waals surface area contributed by atoms with Crippen LogP contribution in [0.15, 0.2) is 42.0 Å². The minimum absolute atomic E-state index is 0.0258. The van der Waals surface area contributed by atoms with Gasteiger partial charge in [0.05, 0.1) is 24.0 Å². The number of thiophene rings is 1. The smallest absolute Gasteiger partial charge is 0.246 e. The molecule has 1 atom stereocenters. The van der Waals surface area contributed by atoms with Gasteiger partial charge in [0.2, 0.25) is 11.8 Å². The van der Waals surface area contributed by atoms with Crippen LogP contribution in [-0.2, 0) is 16.1 Å². The highest BCUT2D eigenvalue weighted by molar-refractivity contribution is 7.09. The minimum Gasteiger partial charge on any atom is -0.325 e. The van der Waals surface area contributed by atoms with Gasteiger partial charge in [-0.25, -0.2) is 0 Å². The molecule has 1 spiro atoms. The molecule has 2 aromatic heterocycles. The van der Waals surface area contributed by atoms with Gasteiger partial charge < -0.3 is 9.80 Å². The fourth-order valence-corrected chi connectivity index (χ4v) is 4.84. The number of aromatic nitrogens is 1. The SMILES string of the molecule is CC(=O)N1CC(=O)N(c2cccnc2)C[C@]12CCN(Cc1cccs1)C2. The Morgan fingerprint density at radius 1 is 1.31 bits per heavy atom. The van der Waals surface area contributed by atoms with Gasteiger partial charge in [0, 0.05) is 37.6 Å². The Morgan fingerprint density at radius 2 is 2.19 bits per heavy atom. The number of anilines is 1. The molecule has 0 aliphatic carbocycles. The van der Waals surface area contributed by atoms with Crippen LogP contribution in [0.5, 0.6) is 0 Å². The Hall–Kier alpha value is -2.25. The molecule has 7 heteroatoms. The third kappa shape index (κ3) is 3.12. The van der Waals surface area contributed by atoms with E-state index in [1.54, 1.807) is 40.5 Å². The maximum Gasteiger partial charge on any atom is 0.246 e. The lowest BCUT2D eigenvalue weighted by Crippen LogP contribution is -2.66. The largest absolute Gasteiger partial charge is 0.325 e. The van der Waals surface area contributed by atoms with Crippen LogP contribution in [0.1, 0.15) is 18.2 Å². The Labute approximate surface area is 157 Å². The van der Waals surface area contributed by atoms with Crippen molar-refractivity contribution in [3.63, 3.8) is 0 Å². The molecule has 0 aromatic carbocycles. The van der Waals surface area contributed by atoms with Gasteiger partial charge in [-0.3, -0.25) is 19.5 Å². The van der Waals surface area contributed by atoms with E-state index in [0.29, 0.717) is 6.54 Å². The molecule has 26 heavy (non-hydrogen) atoms. The number of hydrogen-bond donors (Lipinski definition) is 0. The lowest BCUT2D eigenvalue weighted by Gasteiger charge is -2.48. The molecule has 0 saturated carbocycles. The highest BCUT2D eigenvalue weighted by Gasteiger charge is 2.50. The highest BCUT2D eigenvalue weighted by atomic mass is 32.1. The van der Waals surface area contributed by atoms with Crippen molar-refractivity contribution in [3.8, 4) is 0 Å². The predicted octanol–water partition coefficient (Wildman–Crippen LogP) is 1.98. The molecule has 0 unspecified atom stereocenters. The van der Waals surface area contributed by atoms with Crippen molar-refractivity contribution in [3.05, 3.63) is 46.9 Å². The molecule has 4 heterocycles. The van der Waals surface area contributed by atoms with Gasteiger partial charge >= 0.3 is 0 Å². The molecular formula is C19H22N4O2S. The average molecular weight is 370 g/mol. The van der Waals surface area contributed by atoms with E-state index in [-0.39, 0.29) is 23.9 Å². The van der Waals surface area contributed by atoms with Gasteiger partial charge in [0.1, 0.15) is 6.54 Å². The molecule has 2 amide bonds. The maximum absolute atomic E-state index is 12.7. The second kappa shape index (κ2) is 6.81. The van der Waals surface area contributed by atoms with E-state index in [9.17, 15) is 9.59 Å². The Morgan fingerprint density at radius 3 is 2.88 bits per heavy atom. The van der Waals surface area contributed by atoms with Crippen LogP contribution in [0, 0.1) is 0 Å². The molecule has 0 N–H and O–H groups in total. The number of rotatable bonds is 3. The average Bonchev–Trinajstić information content (AvgIpc) is 3.28. The Kier molecular flexibility index (Phi) is 4.50. The summed E-state index contributed by atoms with van der Waals surface area (Å²) < 4.78 is 0. The number of hydrogen-bond acceptors (Lipinski definition) is 5. The summed E-state index contributed by atoms with van der Waals surface area (Å²) in [5, 5.41) is 2.09. The summed E-state index contributed by atoms with van der Waals surface area (Å²) in [4.78, 5) is 36.4. The molecule has 2 aliphatic heterocycles. The van der Waals surface area contributed by atoms with Gasteiger partial charge in [0.25, 0.3) is 0 Å². The van der Waals surface area contributed by atoms with Crippen LogP contribution in [0.4, 0.5) is 5.69 Å². The predicted molar refractivity (Wildman–Crippen MR) is 101 cm³/mol. The van der Waals surface area contributed by atoms with Gasteiger partial charge in [-0.05, 0) is 30.0 Å². The summed E-state index contributed by atoms with van der Waals surface area (Å²) in [6, 6.07) is 7.95. The van der Waals surface area contributed by atoms with Crippen LogP contribution in [-0.4, -0.2) is 58.3 Å². The number of carbonyl (C=O) groups excluding carboxylic acids is 2. The van der Waals surface area contributed by atoms with E-state index in [1.165, 1.54) is 4.88 Å². The van der Waals surface area contributed by atoms with Gasteiger partial charge in [-0.1, -0.05) is 6.07 Å². The van der Waals surface area contributed by atoms with E-state index < -0.39 is 0 Å². The molecular weight excluding hydrogens is 348 g/mol. The van der Waals surface area contributed by atoms with E-state index in [0.717, 1.165) is 31.7 Å². The molecule has 2 aliphatic rings. The lowest BCUT2D eigenvalue weighted by molar-refractivity contribution is -0.142. The summed E-state index contributed by atoms with van der Waals surface area (Å²) in [6.07, 6.45) is 4.29. The first-order chi connectivity index (χ1) is 12.6. The standard InChI is InChI=1S/C19H22N4O2S/c1-15(24)23-12-18(25)22(16-4-2-7-20-10-16)14-19(23)6-8-21(13-19)11-17-5-3-9-26-17/h2-5,7,9-10H,6,8,11-14H2,1H3/t19-/m1/s1. The molecule has 136 valence electrons. The zero-order valence-electron chi connectivity index (χ0n) is 14.8. The number of likely N-dealkylation sites (tertiary alicyclic amines) is 1. The number of pyridine rings is 1. The highest BCUT2D eigenvalue weighted by Crippen LogP contribution is 2.35. The van der Waals surface area contributed by atoms with Gasteiger partial charge in [-0.15, -0.1) is 11.3 Å². The summed E-state index contributed by atoms with van der Waals surface area (Å²) in [5.74, 6) is -0.0716. The number of nitrogens with zero attached hydrogens (tertiary/aromatic N) is 4. The summed E-state index contributed by atoms with van der Waals surface area (Å²) >= 11 is 1.75. The summed E-state index contributed by atoms with van der Waals surface area (Å²) in [6.45, 7) is 4.84. The third-order valence-electron chi connectivity index (χ3n) is 5.33. The van der Waals surface area contributed by atoms with E-state index in [4.69, 9.17) is 0 Å². The minimum atomic E-state index is -0.327. The maximum atomic E-state index is 12.7. The Bertz CT molecular complexity index is 795. The Balaban J connectivity index is 1.59. The van der Waals surface area contributed by atoms with Crippen molar-refractivity contribution in [1.29, 1.82) is 0 Å². The topological polar surface area (TPSA) is 56.8 Å². The fraction of sp³-hybridized carbons (Fsp3) is 0.421. The first-order valence-corrected chi connectivity index (χ1v) is 9.69. The number of carbonyl (C=O) groups is 2. The van der Waals surface area contributed by atoms with E-state index in [1.807, 2.05) is 12.1 Å². The zero-order valence-corrected chi connectivity index (χ0v) is 15.6. The van der Waals surface area contributed by atoms with Crippen molar-refractivity contribution in [2.24, 2.45) is 0 Å². The zero-order chi connectivity index (χ0) is 18.1. The molecule has 0 radical (unpaired) electrons. The van der Waals surface area contributed by atoms with Crippen LogP contribution in [0.25, 0.3) is 0 Å². The number of piperazine rings is 1. The van der Waals surface area contributed by atoms with Gasteiger partial charge in [0.15, 0.2) is 0 Å². The second-order valence-electron chi connectivity index (χ2n) is 7.06. The van der Waals surface area contributed by atoms with Crippen molar-refractivity contribution in [2.75, 3.05) is 31.1 Å². The third-order valence-corrected chi connectivity index (χ3v) is 6.19. The monoisotopic (exact) mass is 370 g/mol. The first kappa shape index (κ1) is 17.2. The van der Waals surface area contributed by atoms with Crippen LogP contribution in [0.3, 0.4) is 0 Å². The lowest BCUT2D eigenvalue weighted by atomic mass is 9.92. The second-order valence-corrected chi connectivity index (χ2v) is 8.09. The number of amides is 2. The fourth-order valence-electron chi connectivity index (χ4n) is 4.10. The van der Waals surface area contributed by atoms with Crippen LogP contribution >= 0.6 is 11.3 Å². The van der Waals surface area contributed by atoms with E-state index in [2.05, 4.69) is 27.4 Å². The molecule has 2 aromatic rings. The molecule has 2 fully saturated rings. The molecule has 6 nitrogen and oxygen atoms in total. The first-order valence-electron chi connectivity index (χ1n) is 8.81. The molecule has 2 saturated heterocycles. The quantitative estimate of drug-likeness (QED) is 0.829. The van der Waals surface area contributed by atoms with Crippen molar-refractivity contribution in [1.82, 2.24) is 14.8 Å². The van der Waals surface area contributed by atoms with Crippen molar-refractivity contribution >= 4 is 28.8 Å². The van der Waals surface area contributed by atoms with E-state index >= 15 is 0 Å². The normalized spacial score (nSPS) is 23.8. The van der Waals surface area contributed by atoms with Gasteiger partial charge in [-0.2, -0.15) is 0 Å². The molecule has 4 rings (SSSR count). The summed E-state index contributed by atoms with van der Waals surface area (Å²) in [7, 11) is 0. The van der Waals surface area contributed by atoms with Crippen molar-refractivity contribution in [2.45, 2.75) is 25.4 Å². The van der Waals surface area contributed by atoms with Crippen molar-refractivity contribution < 1.29 is 9.59 Å². The van der Waals surface area contributed by atoms with Crippen LogP contribution < -0.4 is 4.90 Å². The summed E-state index contributed by atoms with van der Waals surface area (Å²) in [5.41, 5.74) is 0.476.